The van der Waals surface area contributed by atoms with Crippen LogP contribution in [-0.4, -0.2) is 34.6 Å². The van der Waals surface area contributed by atoms with E-state index in [-0.39, 0.29) is 5.56 Å². The van der Waals surface area contributed by atoms with Crippen molar-refractivity contribution in [1.82, 2.24) is 5.43 Å². The third-order valence-corrected chi connectivity index (χ3v) is 2.83. The zero-order chi connectivity index (χ0) is 16.1. The Morgan fingerprint density at radius 1 is 1.14 bits per heavy atom. The molecule has 7 nitrogen and oxygen atoms in total. The molecule has 1 amide bonds. The van der Waals surface area contributed by atoms with Crippen LogP contribution < -0.4 is 10.2 Å². The Morgan fingerprint density at radius 3 is 2.27 bits per heavy atom. The van der Waals surface area contributed by atoms with E-state index >= 15 is 0 Å². The zero-order valence-electron chi connectivity index (χ0n) is 11.6. The fraction of sp³-hybridized carbons (Fsp3) is 0.0667. The Balaban J connectivity index is 2.04. The Bertz CT molecular complexity index is 687. The van der Waals surface area contributed by atoms with Crippen LogP contribution in [0.2, 0.25) is 0 Å². The average Bonchev–Trinajstić information content (AvgIpc) is 2.52. The summed E-state index contributed by atoms with van der Waals surface area (Å²) in [6.07, 6.45) is 1.43. The van der Waals surface area contributed by atoms with Crippen LogP contribution in [0.1, 0.15) is 15.9 Å². The number of nitrogens with one attached hydrogen (secondary N) is 1. The lowest BCUT2D eigenvalue weighted by Gasteiger charge is -2.04. The molecule has 0 saturated heterocycles. The molecule has 22 heavy (non-hydrogen) atoms. The van der Waals surface area contributed by atoms with E-state index in [1.54, 1.807) is 31.4 Å². The van der Waals surface area contributed by atoms with Gasteiger partial charge in [-0.3, -0.25) is 4.79 Å². The minimum Gasteiger partial charge on any atom is -0.504 e. The number of amides is 1. The number of carbonyl (C=O) groups excluding carboxylic acids is 1. The summed E-state index contributed by atoms with van der Waals surface area (Å²) in [6.45, 7) is 0. The minimum absolute atomic E-state index is 0.0420. The van der Waals surface area contributed by atoms with Gasteiger partial charge in [-0.2, -0.15) is 5.10 Å². The lowest BCUT2D eigenvalue weighted by Crippen LogP contribution is -2.17. The fourth-order valence-electron chi connectivity index (χ4n) is 1.66. The summed E-state index contributed by atoms with van der Waals surface area (Å²) in [7, 11) is 1.56. The van der Waals surface area contributed by atoms with Crippen molar-refractivity contribution in [2.45, 2.75) is 0 Å². The monoisotopic (exact) mass is 302 g/mol. The van der Waals surface area contributed by atoms with Gasteiger partial charge in [0.25, 0.3) is 5.91 Å². The highest BCUT2D eigenvalue weighted by Gasteiger charge is 2.12. The highest BCUT2D eigenvalue weighted by Crippen LogP contribution is 2.35. The lowest BCUT2D eigenvalue weighted by molar-refractivity contribution is 0.0954. The van der Waals surface area contributed by atoms with Crippen LogP contribution in [0, 0.1) is 0 Å². The number of phenolic OH excluding ortho intramolecular Hbond substituents is 3. The van der Waals surface area contributed by atoms with E-state index in [4.69, 9.17) is 4.74 Å². The van der Waals surface area contributed by atoms with Crippen LogP contribution >= 0.6 is 0 Å². The van der Waals surface area contributed by atoms with Gasteiger partial charge in [0, 0.05) is 5.56 Å². The van der Waals surface area contributed by atoms with Crippen molar-refractivity contribution in [3.63, 3.8) is 0 Å². The molecule has 0 aliphatic carbocycles. The number of rotatable bonds is 4. The van der Waals surface area contributed by atoms with Crippen molar-refractivity contribution in [3.05, 3.63) is 47.5 Å². The number of benzene rings is 2. The molecule has 0 atom stereocenters. The van der Waals surface area contributed by atoms with Crippen LogP contribution in [0.5, 0.6) is 23.0 Å². The molecule has 7 heteroatoms. The maximum absolute atomic E-state index is 11.8. The van der Waals surface area contributed by atoms with Gasteiger partial charge in [0.05, 0.1) is 13.3 Å². The van der Waals surface area contributed by atoms with Crippen LogP contribution in [0.15, 0.2) is 41.5 Å². The molecule has 0 radical (unpaired) electrons. The Hall–Kier alpha value is -3.22. The average molecular weight is 302 g/mol. The number of phenols is 3. The number of carbonyl (C=O) groups is 1. The highest BCUT2D eigenvalue weighted by molar-refractivity contribution is 5.96. The molecule has 0 bridgehead atoms. The van der Waals surface area contributed by atoms with Gasteiger partial charge in [-0.15, -0.1) is 0 Å². The van der Waals surface area contributed by atoms with Gasteiger partial charge in [0.15, 0.2) is 17.2 Å². The molecule has 0 aromatic heterocycles. The molecule has 0 aliphatic heterocycles. The van der Waals surface area contributed by atoms with E-state index in [9.17, 15) is 20.1 Å². The van der Waals surface area contributed by atoms with Crippen LogP contribution in [0.4, 0.5) is 0 Å². The summed E-state index contributed by atoms with van der Waals surface area (Å²) >= 11 is 0. The van der Waals surface area contributed by atoms with E-state index in [0.29, 0.717) is 5.75 Å². The molecule has 114 valence electrons. The van der Waals surface area contributed by atoms with Gasteiger partial charge in [-0.25, -0.2) is 5.43 Å². The summed E-state index contributed by atoms with van der Waals surface area (Å²) in [4.78, 5) is 11.8. The molecular weight excluding hydrogens is 288 g/mol. The highest BCUT2D eigenvalue weighted by atomic mass is 16.5. The molecule has 2 aromatic carbocycles. The maximum atomic E-state index is 11.8. The van der Waals surface area contributed by atoms with E-state index in [1.165, 1.54) is 6.21 Å². The second-order valence-electron chi connectivity index (χ2n) is 4.34. The fourth-order valence-corrected chi connectivity index (χ4v) is 1.66. The third kappa shape index (κ3) is 3.45. The van der Waals surface area contributed by atoms with Crippen molar-refractivity contribution in [1.29, 1.82) is 0 Å². The zero-order valence-corrected chi connectivity index (χ0v) is 11.6. The normalized spacial score (nSPS) is 10.6. The predicted molar refractivity (Wildman–Crippen MR) is 79.5 cm³/mol. The van der Waals surface area contributed by atoms with Crippen LogP contribution in [0.3, 0.4) is 0 Å². The van der Waals surface area contributed by atoms with Crippen molar-refractivity contribution >= 4 is 12.1 Å². The van der Waals surface area contributed by atoms with Gasteiger partial charge < -0.3 is 20.1 Å². The Labute approximate surface area is 126 Å². The number of hydrogen-bond donors (Lipinski definition) is 4. The first-order chi connectivity index (χ1) is 10.5. The van der Waals surface area contributed by atoms with Gasteiger partial charge in [0.2, 0.25) is 0 Å². The van der Waals surface area contributed by atoms with E-state index in [1.807, 2.05) is 0 Å². The first-order valence-corrected chi connectivity index (χ1v) is 6.23. The predicted octanol–water partition coefficient (Wildman–Crippen LogP) is 1.58. The van der Waals surface area contributed by atoms with Gasteiger partial charge in [-0.1, -0.05) is 0 Å². The third-order valence-electron chi connectivity index (χ3n) is 2.83. The number of hydrazone groups is 1. The van der Waals surface area contributed by atoms with E-state index in [0.717, 1.165) is 17.7 Å². The number of methoxy groups -OCH3 is 1. The lowest BCUT2D eigenvalue weighted by atomic mass is 10.2. The second kappa shape index (κ2) is 6.49. The molecule has 2 aromatic rings. The largest absolute Gasteiger partial charge is 0.504 e. The first-order valence-electron chi connectivity index (χ1n) is 6.23. The number of aromatic hydroxyl groups is 3. The van der Waals surface area contributed by atoms with Crippen LogP contribution in [0.25, 0.3) is 0 Å². The smallest absolute Gasteiger partial charge is 0.271 e. The standard InChI is InChI=1S/C15H14N2O5/c1-22-11-4-2-9(3-5-11)8-16-17-15(21)10-6-12(18)14(20)13(19)7-10/h2-8,18-20H,1H3,(H,17,21). The molecule has 4 N–H and O–H groups in total. The Morgan fingerprint density at radius 2 is 1.73 bits per heavy atom. The molecule has 0 aliphatic rings. The van der Waals surface area contributed by atoms with E-state index in [2.05, 4.69) is 10.5 Å². The van der Waals surface area contributed by atoms with Crippen LogP contribution in [-0.2, 0) is 0 Å². The summed E-state index contributed by atoms with van der Waals surface area (Å²) in [6, 6.07) is 9.05. The quantitative estimate of drug-likeness (QED) is 0.389. The molecule has 0 unspecified atom stereocenters. The molecule has 0 heterocycles. The first kappa shape index (κ1) is 15.2. The Kier molecular flexibility index (Phi) is 4.47. The SMILES string of the molecule is COc1ccc(C=NNC(=O)c2cc(O)c(O)c(O)c2)cc1. The molecule has 0 spiro atoms. The van der Waals surface area contributed by atoms with Crippen molar-refractivity contribution < 1.29 is 24.9 Å². The van der Waals surface area contributed by atoms with Crippen molar-refractivity contribution in [3.8, 4) is 23.0 Å². The summed E-state index contributed by atoms with van der Waals surface area (Å²) in [5, 5.41) is 31.7. The van der Waals surface area contributed by atoms with Crippen molar-refractivity contribution in [2.75, 3.05) is 7.11 Å². The van der Waals surface area contributed by atoms with E-state index < -0.39 is 23.2 Å². The van der Waals surface area contributed by atoms with Gasteiger partial charge >= 0.3 is 0 Å². The number of hydrogen-bond acceptors (Lipinski definition) is 6. The molecule has 2 rings (SSSR count). The summed E-state index contributed by atoms with van der Waals surface area (Å²) < 4.78 is 5.02. The minimum atomic E-state index is -0.682. The molecule has 0 saturated carbocycles. The molecule has 0 fully saturated rings. The summed E-state index contributed by atoms with van der Waals surface area (Å²) in [5.41, 5.74) is 2.95. The van der Waals surface area contributed by atoms with Gasteiger partial charge in [-0.05, 0) is 42.0 Å². The molecular formula is C15H14N2O5. The van der Waals surface area contributed by atoms with Crippen molar-refractivity contribution in [2.24, 2.45) is 5.10 Å². The summed E-state index contributed by atoms with van der Waals surface area (Å²) in [5.74, 6) is -1.81. The number of nitrogens with zero attached hydrogens (tertiary/aromatic N) is 1. The topological polar surface area (TPSA) is 111 Å². The van der Waals surface area contributed by atoms with Gasteiger partial charge in [0.1, 0.15) is 5.75 Å². The second-order valence-corrected chi connectivity index (χ2v) is 4.34. The maximum Gasteiger partial charge on any atom is 0.271 e. The number of ether oxygens (including phenoxy) is 1.